The number of hydrogen-bond donors (Lipinski definition) is 1. The molecule has 44 heavy (non-hydrogen) atoms. The summed E-state index contributed by atoms with van der Waals surface area (Å²) in [5, 5.41) is 10.0. The first kappa shape index (κ1) is 30.0. The Labute approximate surface area is 255 Å². The maximum atomic E-state index is 14.1. The molecule has 1 aliphatic heterocycles. The number of nitrogens with zero attached hydrogens (tertiary/aromatic N) is 1. The van der Waals surface area contributed by atoms with Crippen molar-refractivity contribution in [1.82, 2.24) is 0 Å². The number of fused-ring (bicyclic) bond motifs is 1. The van der Waals surface area contributed by atoms with Crippen LogP contribution in [0.1, 0.15) is 53.7 Å². The van der Waals surface area contributed by atoms with Crippen LogP contribution in [0.15, 0.2) is 96.4 Å². The van der Waals surface area contributed by atoms with Gasteiger partial charge in [-0.05, 0) is 74.9 Å². The quantitative estimate of drug-likeness (QED) is 0.154. The van der Waals surface area contributed by atoms with E-state index in [1.807, 2.05) is 20.8 Å². The molecule has 0 bridgehead atoms. The summed E-state index contributed by atoms with van der Waals surface area (Å²) in [7, 11) is 0. The van der Waals surface area contributed by atoms with Gasteiger partial charge in [0.1, 0.15) is 41.3 Å². The van der Waals surface area contributed by atoms with Crippen LogP contribution in [-0.4, -0.2) is 18.7 Å². The van der Waals surface area contributed by atoms with Gasteiger partial charge in [0, 0.05) is 17.2 Å². The van der Waals surface area contributed by atoms with Crippen molar-refractivity contribution >= 4 is 5.97 Å². The van der Waals surface area contributed by atoms with E-state index in [1.54, 1.807) is 78.9 Å². The van der Waals surface area contributed by atoms with Crippen LogP contribution in [0.25, 0.3) is 0 Å². The smallest absolute Gasteiger partial charge is 0.343 e. The van der Waals surface area contributed by atoms with Gasteiger partial charge in [-0.25, -0.2) is 9.18 Å². The zero-order valence-electron chi connectivity index (χ0n) is 24.5. The van der Waals surface area contributed by atoms with Crippen LogP contribution in [0.5, 0.6) is 28.7 Å². The minimum atomic E-state index is -0.596. The van der Waals surface area contributed by atoms with Gasteiger partial charge in [0.2, 0.25) is 5.88 Å². The molecule has 4 aromatic rings. The molecule has 0 spiro atoms. The Bertz CT molecular complexity index is 1740. The summed E-state index contributed by atoms with van der Waals surface area (Å²) in [6.07, 6.45) is 0.0118. The van der Waals surface area contributed by atoms with Crippen LogP contribution < -0.4 is 29.4 Å². The first-order valence-corrected chi connectivity index (χ1v) is 14.1. The van der Waals surface area contributed by atoms with E-state index in [-0.39, 0.29) is 35.7 Å². The molecule has 9 heteroatoms. The molecule has 8 nitrogen and oxygen atoms in total. The van der Waals surface area contributed by atoms with Crippen LogP contribution in [0, 0.1) is 17.1 Å². The SMILES string of the molecule is CCOc1cc(C2C(C#N)=C(N)Oc3cc(OC(=O)c4ccc(OC(C)C)cc4)ccc32)ccc1OCc1ccccc1F. The molecule has 5 rings (SSSR count). The number of carbonyl (C=O) groups is 1. The van der Waals surface area contributed by atoms with E-state index in [2.05, 4.69) is 6.07 Å². The lowest BCUT2D eigenvalue weighted by Gasteiger charge is -2.27. The summed E-state index contributed by atoms with van der Waals surface area (Å²) < 4.78 is 42.9. The van der Waals surface area contributed by atoms with Crippen molar-refractivity contribution in [3.63, 3.8) is 0 Å². The monoisotopic (exact) mass is 594 g/mol. The molecule has 0 saturated heterocycles. The van der Waals surface area contributed by atoms with E-state index in [9.17, 15) is 14.4 Å². The molecule has 1 heterocycles. The Balaban J connectivity index is 1.41. The Morgan fingerprint density at radius 1 is 0.977 bits per heavy atom. The number of allylic oxidation sites excluding steroid dienone is 1. The summed E-state index contributed by atoms with van der Waals surface area (Å²) in [5.41, 5.74) is 8.52. The van der Waals surface area contributed by atoms with Gasteiger partial charge in [-0.2, -0.15) is 5.26 Å². The molecule has 0 saturated carbocycles. The highest BCUT2D eigenvalue weighted by Crippen LogP contribution is 2.45. The van der Waals surface area contributed by atoms with E-state index >= 15 is 0 Å². The first-order chi connectivity index (χ1) is 21.3. The maximum absolute atomic E-state index is 14.1. The Kier molecular flexibility index (Phi) is 9.01. The minimum absolute atomic E-state index is 0.0118. The van der Waals surface area contributed by atoms with Crippen molar-refractivity contribution in [1.29, 1.82) is 5.26 Å². The molecule has 4 aromatic carbocycles. The second-order valence-corrected chi connectivity index (χ2v) is 10.2. The van der Waals surface area contributed by atoms with Crippen molar-refractivity contribution < 1.29 is 32.9 Å². The van der Waals surface area contributed by atoms with Crippen LogP contribution in [-0.2, 0) is 6.61 Å². The predicted molar refractivity (Wildman–Crippen MR) is 161 cm³/mol. The molecule has 224 valence electrons. The highest BCUT2D eigenvalue weighted by Gasteiger charge is 2.32. The molecule has 1 unspecified atom stereocenters. The van der Waals surface area contributed by atoms with Gasteiger partial charge in [-0.3, -0.25) is 0 Å². The van der Waals surface area contributed by atoms with Crippen molar-refractivity contribution in [3.05, 3.63) is 124 Å². The summed E-state index contributed by atoms with van der Waals surface area (Å²) in [6.45, 7) is 6.05. The van der Waals surface area contributed by atoms with Crippen molar-refractivity contribution in [2.45, 2.75) is 39.4 Å². The number of halogens is 1. The third-order valence-electron chi connectivity index (χ3n) is 6.80. The topological polar surface area (TPSA) is 113 Å². The minimum Gasteiger partial charge on any atom is -0.491 e. The number of rotatable bonds is 10. The molecular formula is C35H31FN2O6. The van der Waals surface area contributed by atoms with E-state index in [4.69, 9.17) is 29.4 Å². The lowest BCUT2D eigenvalue weighted by molar-refractivity contribution is 0.0734. The van der Waals surface area contributed by atoms with Crippen molar-refractivity contribution in [3.8, 4) is 34.8 Å². The zero-order chi connectivity index (χ0) is 31.2. The first-order valence-electron chi connectivity index (χ1n) is 14.1. The van der Waals surface area contributed by atoms with Gasteiger partial charge in [-0.15, -0.1) is 0 Å². The highest BCUT2D eigenvalue weighted by atomic mass is 19.1. The Morgan fingerprint density at radius 3 is 2.43 bits per heavy atom. The largest absolute Gasteiger partial charge is 0.491 e. The number of nitriles is 1. The number of hydrogen-bond acceptors (Lipinski definition) is 8. The number of carbonyl (C=O) groups excluding carboxylic acids is 1. The molecular weight excluding hydrogens is 563 g/mol. The van der Waals surface area contributed by atoms with Gasteiger partial charge in [-0.1, -0.05) is 30.3 Å². The highest BCUT2D eigenvalue weighted by molar-refractivity contribution is 5.91. The summed E-state index contributed by atoms with van der Waals surface area (Å²) >= 11 is 0. The Morgan fingerprint density at radius 2 is 1.73 bits per heavy atom. The van der Waals surface area contributed by atoms with Crippen LogP contribution in [0.2, 0.25) is 0 Å². The number of benzene rings is 4. The Hall–Kier alpha value is -5.49. The summed E-state index contributed by atoms with van der Waals surface area (Å²) in [6, 6.07) is 25.4. The second-order valence-electron chi connectivity index (χ2n) is 10.2. The fourth-order valence-electron chi connectivity index (χ4n) is 4.81. The molecule has 1 aliphatic rings. The van der Waals surface area contributed by atoms with Gasteiger partial charge >= 0.3 is 5.97 Å². The molecule has 0 amide bonds. The van der Waals surface area contributed by atoms with Crippen LogP contribution >= 0.6 is 0 Å². The zero-order valence-corrected chi connectivity index (χ0v) is 24.5. The van der Waals surface area contributed by atoms with Crippen LogP contribution in [0.3, 0.4) is 0 Å². The number of ether oxygens (including phenoxy) is 5. The molecule has 0 aliphatic carbocycles. The molecule has 0 fully saturated rings. The molecule has 1 atom stereocenters. The van der Waals surface area contributed by atoms with E-state index in [0.717, 1.165) is 0 Å². The fourth-order valence-corrected chi connectivity index (χ4v) is 4.81. The lowest BCUT2D eigenvalue weighted by Crippen LogP contribution is -2.21. The summed E-state index contributed by atoms with van der Waals surface area (Å²) in [4.78, 5) is 12.8. The van der Waals surface area contributed by atoms with Crippen molar-refractivity contribution in [2.24, 2.45) is 5.73 Å². The predicted octanol–water partition coefficient (Wildman–Crippen LogP) is 7.03. The third-order valence-corrected chi connectivity index (χ3v) is 6.80. The molecule has 2 N–H and O–H groups in total. The molecule has 0 aromatic heterocycles. The van der Waals surface area contributed by atoms with Crippen molar-refractivity contribution in [2.75, 3.05) is 6.61 Å². The van der Waals surface area contributed by atoms with Crippen LogP contribution in [0.4, 0.5) is 4.39 Å². The third kappa shape index (κ3) is 6.60. The van der Waals surface area contributed by atoms with E-state index in [0.29, 0.717) is 51.9 Å². The van der Waals surface area contributed by atoms with Gasteiger partial charge in [0.25, 0.3) is 0 Å². The van der Waals surface area contributed by atoms with Gasteiger partial charge < -0.3 is 29.4 Å². The van der Waals surface area contributed by atoms with E-state index < -0.39 is 11.9 Å². The fraction of sp³-hybridized carbons (Fsp3) is 0.200. The number of nitrogens with two attached hydrogens (primary N) is 1. The lowest BCUT2D eigenvalue weighted by atomic mass is 9.83. The van der Waals surface area contributed by atoms with Gasteiger partial charge in [0.15, 0.2) is 11.5 Å². The number of esters is 1. The molecule has 0 radical (unpaired) electrons. The van der Waals surface area contributed by atoms with Gasteiger partial charge in [0.05, 0.1) is 24.2 Å². The van der Waals surface area contributed by atoms with E-state index in [1.165, 1.54) is 6.07 Å². The average molecular weight is 595 g/mol. The standard InChI is InChI=1S/C35H31FN2O6/c1-4-40-32-17-23(11-16-30(32)41-20-24-7-5-6-8-29(24)36)33-27-15-14-26(18-31(27)44-34(38)28(33)19-37)43-35(39)22-9-12-25(13-10-22)42-21(2)3/h5-18,21,33H,4,20,38H2,1-3H3. The average Bonchev–Trinajstić information content (AvgIpc) is 3.00. The second kappa shape index (κ2) is 13.2. The summed E-state index contributed by atoms with van der Waals surface area (Å²) in [5.74, 6) is 0.520. The maximum Gasteiger partial charge on any atom is 0.343 e. The normalized spacial score (nSPS) is 13.9.